The number of halogens is 1. The van der Waals surface area contributed by atoms with Crippen LogP contribution in [0.5, 0.6) is 0 Å². The van der Waals surface area contributed by atoms with Gasteiger partial charge in [0.05, 0.1) is 29.9 Å². The van der Waals surface area contributed by atoms with E-state index in [0.717, 1.165) is 53.8 Å². The van der Waals surface area contributed by atoms with Crippen molar-refractivity contribution in [2.24, 2.45) is 0 Å². The summed E-state index contributed by atoms with van der Waals surface area (Å²) in [4.78, 5) is 27.2. The number of aromatic nitrogens is 1. The molecule has 46 heavy (non-hydrogen) atoms. The summed E-state index contributed by atoms with van der Waals surface area (Å²) in [7, 11) is 0. The number of rotatable bonds is 10. The van der Waals surface area contributed by atoms with E-state index >= 15 is 0 Å². The summed E-state index contributed by atoms with van der Waals surface area (Å²) in [6.07, 6.45) is 6.05. The topological polar surface area (TPSA) is 69.6 Å². The Balaban J connectivity index is 1.41. The molecule has 0 radical (unpaired) electrons. The number of ketones is 1. The molecule has 1 amide bonds. The van der Waals surface area contributed by atoms with Gasteiger partial charge in [-0.15, -0.1) is 0 Å². The number of nitrogens with zero attached hydrogens (tertiary/aromatic N) is 1. The number of carbonyl (C=O) groups excluding carboxylic acids is 2. The molecule has 2 heterocycles. The zero-order chi connectivity index (χ0) is 32.0. The van der Waals surface area contributed by atoms with E-state index in [1.54, 1.807) is 12.1 Å². The van der Waals surface area contributed by atoms with Crippen molar-refractivity contribution >= 4 is 17.4 Å². The second-order valence-corrected chi connectivity index (χ2v) is 12.8. The first-order valence-electron chi connectivity index (χ1n) is 16.6. The van der Waals surface area contributed by atoms with E-state index < -0.39 is 6.29 Å². The van der Waals surface area contributed by atoms with E-state index in [2.05, 4.69) is 23.7 Å². The highest BCUT2D eigenvalue weighted by molar-refractivity contribution is 6.12. The van der Waals surface area contributed by atoms with Crippen molar-refractivity contribution < 1.29 is 23.5 Å². The highest BCUT2D eigenvalue weighted by Crippen LogP contribution is 2.43. The lowest BCUT2D eigenvalue weighted by atomic mass is 9.94. The highest BCUT2D eigenvalue weighted by atomic mass is 19.1. The molecule has 6 rings (SSSR count). The lowest BCUT2D eigenvalue weighted by Crippen LogP contribution is -2.38. The van der Waals surface area contributed by atoms with E-state index in [9.17, 15) is 14.0 Å². The number of anilines is 1. The molecule has 0 spiro atoms. The molecular weight excluding hydrogens is 579 g/mol. The van der Waals surface area contributed by atoms with E-state index in [1.165, 1.54) is 18.6 Å². The number of benzene rings is 3. The molecule has 6 nitrogen and oxygen atoms in total. The van der Waals surface area contributed by atoms with Gasteiger partial charge in [-0.2, -0.15) is 0 Å². The van der Waals surface area contributed by atoms with Gasteiger partial charge >= 0.3 is 0 Å². The van der Waals surface area contributed by atoms with E-state index in [4.69, 9.17) is 9.47 Å². The minimum atomic E-state index is -0.521. The summed E-state index contributed by atoms with van der Waals surface area (Å²) in [5.74, 6) is -0.405. The molecule has 0 bridgehead atoms. The van der Waals surface area contributed by atoms with Crippen LogP contribution < -0.4 is 5.32 Å². The quantitative estimate of drug-likeness (QED) is 0.192. The maximum absolute atomic E-state index is 14.3. The Morgan fingerprint density at radius 2 is 1.59 bits per heavy atom. The van der Waals surface area contributed by atoms with Gasteiger partial charge in [0.1, 0.15) is 11.6 Å². The van der Waals surface area contributed by atoms with Crippen LogP contribution in [-0.2, 0) is 20.8 Å². The Kier molecular flexibility index (Phi) is 10.1. The molecule has 2 aliphatic rings. The molecule has 1 unspecified atom stereocenters. The minimum Gasteiger partial charge on any atom is -0.349 e. The third-order valence-electron chi connectivity index (χ3n) is 9.05. The molecule has 4 aromatic rings. The first-order chi connectivity index (χ1) is 22.4. The summed E-state index contributed by atoms with van der Waals surface area (Å²) in [5.41, 5.74) is 5.50. The van der Waals surface area contributed by atoms with E-state index in [1.807, 2.05) is 60.7 Å². The van der Waals surface area contributed by atoms with Gasteiger partial charge in [-0.25, -0.2) is 4.39 Å². The standard InChI is InChI=1S/C39H43FN2O4/c1-26(2)37-36(39(44)41-30-14-8-4-9-15-30)35(27-12-6-3-7-13-27)38(28-18-20-29(40)21-19-28)42(37)23-22-33-24-31(43)25-34(46-33)45-32-16-10-5-11-17-32/h3-4,6-9,12-15,18-21,26,32-34H,5,10-11,16-17,22-25H2,1-2H3,(H,41,44)/t33-,34?/m1/s1. The highest BCUT2D eigenvalue weighted by Gasteiger charge is 2.33. The number of hydrogen-bond donors (Lipinski definition) is 1. The van der Waals surface area contributed by atoms with Crippen LogP contribution in [0.15, 0.2) is 84.9 Å². The number of para-hydroxylation sites is 1. The van der Waals surface area contributed by atoms with Crippen LogP contribution in [0.25, 0.3) is 22.4 Å². The molecule has 2 atom stereocenters. The Labute approximate surface area is 270 Å². The number of hydrogen-bond acceptors (Lipinski definition) is 4. The number of Topliss-reactive ketones (excluding diaryl/α,β-unsaturated/α-hetero) is 1. The molecule has 1 saturated carbocycles. The number of carbonyl (C=O) groups is 2. The molecule has 3 aromatic carbocycles. The van der Waals surface area contributed by atoms with Gasteiger partial charge < -0.3 is 19.4 Å². The van der Waals surface area contributed by atoms with Gasteiger partial charge in [-0.05, 0) is 72.7 Å². The monoisotopic (exact) mass is 622 g/mol. The van der Waals surface area contributed by atoms with Crippen molar-refractivity contribution in [3.05, 3.63) is 102 Å². The Bertz CT molecular complexity index is 1630. The molecule has 2 fully saturated rings. The fourth-order valence-electron chi connectivity index (χ4n) is 6.98. The molecule has 1 aliphatic carbocycles. The van der Waals surface area contributed by atoms with Crippen molar-refractivity contribution in [2.45, 2.75) is 96.2 Å². The van der Waals surface area contributed by atoms with Gasteiger partial charge in [0, 0.05) is 29.9 Å². The van der Waals surface area contributed by atoms with Crippen LogP contribution in [0.3, 0.4) is 0 Å². The average molecular weight is 623 g/mol. The van der Waals surface area contributed by atoms with Crippen molar-refractivity contribution in [3.8, 4) is 22.4 Å². The predicted molar refractivity (Wildman–Crippen MR) is 179 cm³/mol. The van der Waals surface area contributed by atoms with Crippen molar-refractivity contribution in [1.29, 1.82) is 0 Å². The van der Waals surface area contributed by atoms with Crippen LogP contribution in [0.1, 0.15) is 87.2 Å². The minimum absolute atomic E-state index is 0.0236. The third-order valence-corrected chi connectivity index (χ3v) is 9.05. The predicted octanol–water partition coefficient (Wildman–Crippen LogP) is 9.15. The summed E-state index contributed by atoms with van der Waals surface area (Å²) in [6, 6.07) is 25.8. The zero-order valence-corrected chi connectivity index (χ0v) is 26.7. The summed E-state index contributed by atoms with van der Waals surface area (Å²) in [5, 5.41) is 3.12. The molecule has 1 N–H and O–H groups in total. The maximum Gasteiger partial charge on any atom is 0.258 e. The second-order valence-electron chi connectivity index (χ2n) is 12.8. The lowest BCUT2D eigenvalue weighted by Gasteiger charge is -2.33. The Morgan fingerprint density at radius 1 is 0.913 bits per heavy atom. The SMILES string of the molecule is CC(C)c1c(C(=O)Nc2ccccc2)c(-c2ccccc2)c(-c2ccc(F)cc2)n1CC[C@@H]1CC(=O)CC(OC2CCCCC2)O1. The Morgan fingerprint density at radius 3 is 2.26 bits per heavy atom. The van der Waals surface area contributed by atoms with E-state index in [0.29, 0.717) is 30.6 Å². The van der Waals surface area contributed by atoms with Crippen LogP contribution in [0, 0.1) is 5.82 Å². The van der Waals surface area contributed by atoms with Crippen molar-refractivity contribution in [2.75, 3.05) is 5.32 Å². The fourth-order valence-corrected chi connectivity index (χ4v) is 6.98. The second kappa shape index (κ2) is 14.6. The van der Waals surface area contributed by atoms with Gasteiger partial charge in [-0.3, -0.25) is 9.59 Å². The number of amides is 1. The maximum atomic E-state index is 14.3. The number of nitrogens with one attached hydrogen (secondary N) is 1. The number of ether oxygens (including phenoxy) is 2. The first kappa shape index (κ1) is 31.9. The average Bonchev–Trinajstić information content (AvgIpc) is 3.41. The molecule has 7 heteroatoms. The van der Waals surface area contributed by atoms with Gasteiger partial charge in [-0.1, -0.05) is 81.6 Å². The summed E-state index contributed by atoms with van der Waals surface area (Å²) >= 11 is 0. The lowest BCUT2D eigenvalue weighted by molar-refractivity contribution is -0.216. The van der Waals surface area contributed by atoms with Gasteiger partial charge in [0.2, 0.25) is 0 Å². The summed E-state index contributed by atoms with van der Waals surface area (Å²) in [6.45, 7) is 4.68. The van der Waals surface area contributed by atoms with Gasteiger partial charge in [0.25, 0.3) is 5.91 Å². The van der Waals surface area contributed by atoms with Crippen molar-refractivity contribution in [1.82, 2.24) is 4.57 Å². The van der Waals surface area contributed by atoms with Crippen LogP contribution >= 0.6 is 0 Å². The van der Waals surface area contributed by atoms with Crippen LogP contribution in [-0.4, -0.2) is 34.8 Å². The van der Waals surface area contributed by atoms with E-state index in [-0.39, 0.29) is 42.1 Å². The van der Waals surface area contributed by atoms with Crippen LogP contribution in [0.4, 0.5) is 10.1 Å². The molecule has 1 saturated heterocycles. The molecular formula is C39H43FN2O4. The smallest absolute Gasteiger partial charge is 0.258 e. The first-order valence-corrected chi connectivity index (χ1v) is 16.6. The van der Waals surface area contributed by atoms with Crippen molar-refractivity contribution in [3.63, 3.8) is 0 Å². The zero-order valence-electron chi connectivity index (χ0n) is 26.7. The van der Waals surface area contributed by atoms with Crippen LogP contribution in [0.2, 0.25) is 0 Å². The largest absolute Gasteiger partial charge is 0.349 e. The fraction of sp³-hybridized carbons (Fsp3) is 0.385. The van der Waals surface area contributed by atoms with Gasteiger partial charge in [0.15, 0.2) is 6.29 Å². The molecule has 1 aliphatic heterocycles. The Hall–Kier alpha value is -4.07. The molecule has 240 valence electrons. The summed E-state index contributed by atoms with van der Waals surface area (Å²) < 4.78 is 29.1. The molecule has 1 aromatic heterocycles. The third kappa shape index (κ3) is 7.32. The normalized spacial score (nSPS) is 19.0.